The normalized spacial score (nSPS) is 17.7. The Hall–Kier alpha value is -3.92. The topological polar surface area (TPSA) is 109 Å². The van der Waals surface area contributed by atoms with Gasteiger partial charge in [-0.15, -0.1) is 11.3 Å². The molecule has 1 fully saturated rings. The van der Waals surface area contributed by atoms with Crippen molar-refractivity contribution in [1.29, 1.82) is 0 Å². The van der Waals surface area contributed by atoms with Crippen LogP contribution in [0.25, 0.3) is 0 Å². The Morgan fingerprint density at radius 1 is 1.11 bits per heavy atom. The minimum atomic E-state index is -1.75. The van der Waals surface area contributed by atoms with Crippen molar-refractivity contribution in [2.45, 2.75) is 38.1 Å². The minimum Gasteiger partial charge on any atom is -0.496 e. The second-order valence-corrected chi connectivity index (χ2v) is 10.9. The molecule has 200 valence electrons. The van der Waals surface area contributed by atoms with Crippen molar-refractivity contribution in [3.8, 4) is 11.5 Å². The molecule has 0 saturated carbocycles. The maximum Gasteiger partial charge on any atom is 0.415 e. The first-order valence-corrected chi connectivity index (χ1v) is 13.1. The van der Waals surface area contributed by atoms with Crippen LogP contribution < -0.4 is 9.47 Å². The Balaban J connectivity index is 1.70. The standard InChI is InChI=1S/C28H31N3O6S/c1-27(2,3)22-11-10-19(14-23(22)36-4)24(32)31-13-12-30(26(35)37-21-8-6-5-7-9-21)17-28(31,25(33)34)15-20-16-38-18-29-20/h5-11,14,16,18H,12-13,15,17H2,1-4H3,(H,33,34). The number of nitrogens with zero attached hydrogens (tertiary/aromatic N) is 3. The number of hydrogen-bond donors (Lipinski definition) is 1. The zero-order valence-corrected chi connectivity index (χ0v) is 22.7. The van der Waals surface area contributed by atoms with E-state index in [4.69, 9.17) is 9.47 Å². The van der Waals surface area contributed by atoms with Gasteiger partial charge in [-0.3, -0.25) is 4.79 Å². The first-order chi connectivity index (χ1) is 18.0. The zero-order valence-electron chi connectivity index (χ0n) is 21.8. The highest BCUT2D eigenvalue weighted by Crippen LogP contribution is 2.34. The van der Waals surface area contributed by atoms with Crippen LogP contribution in [0.15, 0.2) is 59.4 Å². The Kier molecular flexibility index (Phi) is 7.73. The van der Waals surface area contributed by atoms with Gasteiger partial charge in [0.25, 0.3) is 5.91 Å². The van der Waals surface area contributed by atoms with Crippen molar-refractivity contribution in [1.82, 2.24) is 14.8 Å². The predicted molar refractivity (Wildman–Crippen MR) is 143 cm³/mol. The number of piperazine rings is 1. The van der Waals surface area contributed by atoms with E-state index in [0.29, 0.717) is 22.8 Å². The number of carboxylic acid groups (broad SMARTS) is 1. The van der Waals surface area contributed by atoms with Gasteiger partial charge in [0.1, 0.15) is 11.5 Å². The average Bonchev–Trinajstić information content (AvgIpc) is 3.40. The number of amides is 2. The van der Waals surface area contributed by atoms with Gasteiger partial charge in [0.15, 0.2) is 5.54 Å². The van der Waals surface area contributed by atoms with Crippen LogP contribution in [0.5, 0.6) is 11.5 Å². The molecule has 9 nitrogen and oxygen atoms in total. The number of carbonyl (C=O) groups excluding carboxylic acids is 2. The SMILES string of the molecule is COc1cc(C(=O)N2CCN(C(=O)Oc3ccccc3)CC2(Cc2cscn2)C(=O)O)ccc1C(C)(C)C. The molecule has 2 heterocycles. The Morgan fingerprint density at radius 3 is 2.45 bits per heavy atom. The number of aliphatic carboxylic acids is 1. The fourth-order valence-corrected chi connectivity index (χ4v) is 5.21. The summed E-state index contributed by atoms with van der Waals surface area (Å²) in [5.74, 6) is -0.789. The highest BCUT2D eigenvalue weighted by Gasteiger charge is 2.52. The van der Waals surface area contributed by atoms with E-state index < -0.39 is 23.5 Å². The van der Waals surface area contributed by atoms with Crippen LogP contribution in [0.4, 0.5) is 4.79 Å². The molecule has 0 bridgehead atoms. The van der Waals surface area contributed by atoms with Gasteiger partial charge in [0.05, 0.1) is 24.9 Å². The van der Waals surface area contributed by atoms with Crippen molar-refractivity contribution >= 4 is 29.3 Å². The smallest absolute Gasteiger partial charge is 0.415 e. The molecule has 0 spiro atoms. The lowest BCUT2D eigenvalue weighted by atomic mass is 9.85. The third-order valence-corrected chi connectivity index (χ3v) is 7.26. The molecule has 1 N–H and O–H groups in total. The summed E-state index contributed by atoms with van der Waals surface area (Å²) < 4.78 is 11.1. The lowest BCUT2D eigenvalue weighted by molar-refractivity contribution is -0.153. The van der Waals surface area contributed by atoms with Crippen LogP contribution in [-0.4, -0.2) is 70.1 Å². The van der Waals surface area contributed by atoms with Crippen molar-refractivity contribution in [2.75, 3.05) is 26.7 Å². The number of thiazole rings is 1. The minimum absolute atomic E-state index is 0.00248. The number of aromatic nitrogens is 1. The number of carboxylic acids is 1. The predicted octanol–water partition coefficient (Wildman–Crippen LogP) is 4.47. The molecule has 1 saturated heterocycles. The fourth-order valence-electron chi connectivity index (χ4n) is 4.65. The molecule has 2 amide bonds. The molecule has 1 atom stereocenters. The van der Waals surface area contributed by atoms with Gasteiger partial charge >= 0.3 is 12.1 Å². The van der Waals surface area contributed by atoms with E-state index >= 15 is 0 Å². The van der Waals surface area contributed by atoms with E-state index in [2.05, 4.69) is 4.98 Å². The summed E-state index contributed by atoms with van der Waals surface area (Å²) in [6.45, 7) is 5.99. The fraction of sp³-hybridized carbons (Fsp3) is 0.357. The quantitative estimate of drug-likeness (QED) is 0.494. The van der Waals surface area contributed by atoms with E-state index in [-0.39, 0.29) is 31.5 Å². The maximum absolute atomic E-state index is 13.9. The van der Waals surface area contributed by atoms with E-state index in [1.807, 2.05) is 26.8 Å². The average molecular weight is 538 g/mol. The number of rotatable bonds is 6. The molecule has 1 unspecified atom stereocenters. The molecule has 0 aliphatic carbocycles. The maximum atomic E-state index is 13.9. The number of para-hydroxylation sites is 1. The van der Waals surface area contributed by atoms with Gasteiger partial charge in [-0.1, -0.05) is 45.0 Å². The molecule has 3 aromatic rings. The number of methoxy groups -OCH3 is 1. The molecule has 1 aromatic heterocycles. The molecule has 1 aliphatic heterocycles. The second kappa shape index (κ2) is 10.8. The van der Waals surface area contributed by atoms with Gasteiger partial charge in [-0.05, 0) is 35.2 Å². The highest BCUT2D eigenvalue weighted by molar-refractivity contribution is 7.07. The van der Waals surface area contributed by atoms with Crippen LogP contribution in [-0.2, 0) is 16.6 Å². The summed E-state index contributed by atoms with van der Waals surface area (Å²) in [5.41, 5.74) is 1.39. The highest BCUT2D eigenvalue weighted by atomic mass is 32.1. The summed E-state index contributed by atoms with van der Waals surface area (Å²) in [4.78, 5) is 46.8. The van der Waals surface area contributed by atoms with E-state index in [0.717, 1.165) is 5.56 Å². The van der Waals surface area contributed by atoms with Gasteiger partial charge < -0.3 is 24.4 Å². The lowest BCUT2D eigenvalue weighted by Crippen LogP contribution is -2.69. The molecular formula is C28H31N3O6S. The van der Waals surface area contributed by atoms with E-state index in [1.165, 1.54) is 21.1 Å². The first-order valence-electron chi connectivity index (χ1n) is 12.2. The summed E-state index contributed by atoms with van der Waals surface area (Å²) in [5, 5.41) is 12.3. The van der Waals surface area contributed by atoms with Crippen LogP contribution in [0.2, 0.25) is 0 Å². The molecule has 4 rings (SSSR count). The second-order valence-electron chi connectivity index (χ2n) is 10.2. The van der Waals surface area contributed by atoms with Gasteiger partial charge in [0, 0.05) is 30.5 Å². The molecule has 2 aromatic carbocycles. The summed E-state index contributed by atoms with van der Waals surface area (Å²) in [7, 11) is 1.54. The number of carbonyl (C=O) groups is 3. The van der Waals surface area contributed by atoms with Crippen molar-refractivity contribution in [3.05, 3.63) is 76.2 Å². The van der Waals surface area contributed by atoms with Gasteiger partial charge in [-0.25, -0.2) is 14.6 Å². The molecule has 10 heteroatoms. The van der Waals surface area contributed by atoms with Gasteiger partial charge in [0.2, 0.25) is 0 Å². The van der Waals surface area contributed by atoms with Crippen LogP contribution >= 0.6 is 11.3 Å². The first kappa shape index (κ1) is 27.1. The Morgan fingerprint density at radius 2 is 1.84 bits per heavy atom. The van der Waals surface area contributed by atoms with Crippen molar-refractivity contribution in [3.63, 3.8) is 0 Å². The van der Waals surface area contributed by atoms with E-state index in [1.54, 1.807) is 60.5 Å². The third kappa shape index (κ3) is 5.50. The monoisotopic (exact) mass is 537 g/mol. The third-order valence-electron chi connectivity index (χ3n) is 6.63. The van der Waals surface area contributed by atoms with Crippen LogP contribution in [0, 0.1) is 0 Å². The molecule has 0 radical (unpaired) electrons. The molecular weight excluding hydrogens is 506 g/mol. The number of ether oxygens (including phenoxy) is 2. The van der Waals surface area contributed by atoms with Gasteiger partial charge in [-0.2, -0.15) is 0 Å². The number of benzene rings is 2. The number of hydrogen-bond acceptors (Lipinski definition) is 7. The summed E-state index contributed by atoms with van der Waals surface area (Å²) in [6.07, 6.45) is -0.743. The Bertz CT molecular complexity index is 1310. The van der Waals surface area contributed by atoms with Crippen molar-refractivity contribution in [2.24, 2.45) is 0 Å². The van der Waals surface area contributed by atoms with Crippen LogP contribution in [0.1, 0.15) is 42.4 Å². The lowest BCUT2D eigenvalue weighted by Gasteiger charge is -2.47. The summed E-state index contributed by atoms with van der Waals surface area (Å²) in [6, 6.07) is 13.7. The van der Waals surface area contributed by atoms with Crippen molar-refractivity contribution < 1.29 is 29.0 Å². The molecule has 1 aliphatic rings. The molecule has 38 heavy (non-hydrogen) atoms. The zero-order chi connectivity index (χ0) is 27.5. The van der Waals surface area contributed by atoms with Crippen LogP contribution in [0.3, 0.4) is 0 Å². The Labute approximate surface area is 225 Å². The summed E-state index contributed by atoms with van der Waals surface area (Å²) >= 11 is 1.33. The largest absolute Gasteiger partial charge is 0.496 e. The van der Waals surface area contributed by atoms with E-state index in [9.17, 15) is 19.5 Å².